The molecule has 1 aromatic rings. The Balaban J connectivity index is 1.89. The highest BCUT2D eigenvalue weighted by atomic mass is 16.5. The molecule has 0 aromatic heterocycles. The van der Waals surface area contributed by atoms with Gasteiger partial charge in [-0.1, -0.05) is 12.1 Å². The second-order valence-electron chi connectivity index (χ2n) is 4.39. The summed E-state index contributed by atoms with van der Waals surface area (Å²) in [6.45, 7) is 3.24. The molecule has 2 rings (SSSR count). The van der Waals surface area contributed by atoms with Crippen LogP contribution in [-0.4, -0.2) is 24.4 Å². The van der Waals surface area contributed by atoms with E-state index in [1.807, 2.05) is 31.2 Å². The number of rotatable bonds is 7. The van der Waals surface area contributed by atoms with Crippen molar-refractivity contribution in [1.82, 2.24) is 0 Å². The van der Waals surface area contributed by atoms with Crippen LogP contribution < -0.4 is 4.74 Å². The second-order valence-corrected chi connectivity index (χ2v) is 4.39. The number of ether oxygens (including phenoxy) is 2. The molecule has 0 aliphatic heterocycles. The molecule has 1 saturated carbocycles. The molecule has 0 radical (unpaired) electrons. The molecule has 1 N–H and O–H groups in total. The number of hydrogen-bond donors (Lipinski definition) is 1. The van der Waals surface area contributed by atoms with E-state index in [9.17, 15) is 5.11 Å². The first kappa shape index (κ1) is 12.4. The maximum absolute atomic E-state index is 9.99. The fourth-order valence-corrected chi connectivity index (χ4v) is 1.68. The number of hydrogen-bond acceptors (Lipinski definition) is 3. The van der Waals surface area contributed by atoms with Gasteiger partial charge >= 0.3 is 0 Å². The van der Waals surface area contributed by atoms with Gasteiger partial charge in [-0.3, -0.25) is 0 Å². The molecule has 0 heterocycles. The summed E-state index contributed by atoms with van der Waals surface area (Å²) in [5, 5.41) is 9.99. The average molecular weight is 236 g/mol. The lowest BCUT2D eigenvalue weighted by atomic mass is 10.1. The fraction of sp³-hybridized carbons (Fsp3) is 0.571. The van der Waals surface area contributed by atoms with Crippen LogP contribution in [0.1, 0.15) is 37.9 Å². The molecule has 1 unspecified atom stereocenters. The van der Waals surface area contributed by atoms with E-state index >= 15 is 0 Å². The molecule has 1 aromatic carbocycles. The third-order valence-corrected chi connectivity index (χ3v) is 2.81. The Morgan fingerprint density at radius 2 is 2.24 bits per heavy atom. The van der Waals surface area contributed by atoms with Crippen molar-refractivity contribution >= 4 is 0 Å². The molecular weight excluding hydrogens is 216 g/mol. The van der Waals surface area contributed by atoms with E-state index in [0.29, 0.717) is 25.7 Å². The van der Waals surface area contributed by atoms with E-state index in [2.05, 4.69) is 0 Å². The summed E-state index contributed by atoms with van der Waals surface area (Å²) in [5.74, 6) is 0.862. The van der Waals surface area contributed by atoms with Gasteiger partial charge in [-0.25, -0.2) is 0 Å². The molecule has 17 heavy (non-hydrogen) atoms. The third kappa shape index (κ3) is 4.02. The summed E-state index contributed by atoms with van der Waals surface area (Å²) >= 11 is 0. The first-order valence-corrected chi connectivity index (χ1v) is 6.32. The lowest BCUT2D eigenvalue weighted by Gasteiger charge is -2.12. The van der Waals surface area contributed by atoms with Crippen LogP contribution in [0.3, 0.4) is 0 Å². The van der Waals surface area contributed by atoms with Crippen LogP contribution in [0.4, 0.5) is 0 Å². The van der Waals surface area contributed by atoms with Crippen LogP contribution in [0.15, 0.2) is 24.3 Å². The highest BCUT2D eigenvalue weighted by Crippen LogP contribution is 2.28. The van der Waals surface area contributed by atoms with E-state index in [-0.39, 0.29) is 0 Å². The summed E-state index contributed by atoms with van der Waals surface area (Å²) < 4.78 is 10.9. The summed E-state index contributed by atoms with van der Waals surface area (Å²) in [6, 6.07) is 7.72. The van der Waals surface area contributed by atoms with Gasteiger partial charge in [-0.2, -0.15) is 0 Å². The monoisotopic (exact) mass is 236 g/mol. The van der Waals surface area contributed by atoms with Gasteiger partial charge in [0.1, 0.15) is 5.75 Å². The van der Waals surface area contributed by atoms with Crippen molar-refractivity contribution in [1.29, 1.82) is 0 Å². The highest BCUT2D eigenvalue weighted by Gasteiger charge is 2.23. The van der Waals surface area contributed by atoms with Crippen LogP contribution in [0, 0.1) is 0 Å². The lowest BCUT2D eigenvalue weighted by Crippen LogP contribution is -2.04. The topological polar surface area (TPSA) is 38.7 Å². The van der Waals surface area contributed by atoms with Gasteiger partial charge in [-0.05, 0) is 37.5 Å². The van der Waals surface area contributed by atoms with Crippen LogP contribution in [-0.2, 0) is 4.74 Å². The quantitative estimate of drug-likeness (QED) is 0.740. The zero-order valence-electron chi connectivity index (χ0n) is 10.3. The molecule has 1 aliphatic carbocycles. The molecule has 1 fully saturated rings. The fourth-order valence-electron chi connectivity index (χ4n) is 1.68. The SMILES string of the molecule is CCOCCC(O)c1cccc(OC2CC2)c1. The zero-order chi connectivity index (χ0) is 12.1. The Kier molecular flexibility index (Phi) is 4.40. The van der Waals surface area contributed by atoms with Gasteiger partial charge in [0.2, 0.25) is 0 Å². The van der Waals surface area contributed by atoms with Crippen LogP contribution in [0.5, 0.6) is 5.75 Å². The van der Waals surface area contributed by atoms with Crippen molar-refractivity contribution in [3.05, 3.63) is 29.8 Å². The Morgan fingerprint density at radius 3 is 2.94 bits per heavy atom. The number of benzene rings is 1. The molecular formula is C14H20O3. The smallest absolute Gasteiger partial charge is 0.120 e. The lowest BCUT2D eigenvalue weighted by molar-refractivity contribution is 0.0884. The van der Waals surface area contributed by atoms with E-state index in [1.165, 1.54) is 0 Å². The van der Waals surface area contributed by atoms with Crippen LogP contribution >= 0.6 is 0 Å². The van der Waals surface area contributed by atoms with E-state index in [4.69, 9.17) is 9.47 Å². The van der Waals surface area contributed by atoms with E-state index < -0.39 is 6.10 Å². The first-order chi connectivity index (χ1) is 8.29. The summed E-state index contributed by atoms with van der Waals surface area (Å²) in [4.78, 5) is 0. The van der Waals surface area contributed by atoms with Crippen LogP contribution in [0.25, 0.3) is 0 Å². The predicted molar refractivity (Wildman–Crippen MR) is 66.2 cm³/mol. The van der Waals surface area contributed by atoms with E-state index in [0.717, 1.165) is 24.2 Å². The average Bonchev–Trinajstić information content (AvgIpc) is 3.13. The Bertz CT molecular complexity index is 347. The van der Waals surface area contributed by atoms with Crippen molar-refractivity contribution in [2.45, 2.75) is 38.4 Å². The minimum absolute atomic E-state index is 0.394. The molecule has 3 heteroatoms. The predicted octanol–water partition coefficient (Wildman–Crippen LogP) is 2.69. The van der Waals surface area contributed by atoms with Crippen molar-refractivity contribution in [3.8, 4) is 5.75 Å². The van der Waals surface area contributed by atoms with Gasteiger partial charge in [0.15, 0.2) is 0 Å². The number of aliphatic hydroxyl groups is 1. The van der Waals surface area contributed by atoms with Gasteiger partial charge in [0.05, 0.1) is 12.2 Å². The summed E-state index contributed by atoms with van der Waals surface area (Å²) in [6.07, 6.45) is 2.85. The van der Waals surface area contributed by atoms with Gasteiger partial charge in [0.25, 0.3) is 0 Å². The van der Waals surface area contributed by atoms with Crippen molar-refractivity contribution in [3.63, 3.8) is 0 Å². The minimum atomic E-state index is -0.468. The standard InChI is InChI=1S/C14H20O3/c1-2-16-9-8-14(15)11-4-3-5-13(10-11)17-12-6-7-12/h3-5,10,12,14-15H,2,6-9H2,1H3. The molecule has 3 nitrogen and oxygen atoms in total. The maximum Gasteiger partial charge on any atom is 0.120 e. The Labute approximate surface area is 102 Å². The Hall–Kier alpha value is -1.06. The van der Waals surface area contributed by atoms with Gasteiger partial charge < -0.3 is 14.6 Å². The molecule has 1 aliphatic rings. The first-order valence-electron chi connectivity index (χ1n) is 6.32. The molecule has 0 amide bonds. The Morgan fingerprint density at radius 1 is 1.41 bits per heavy atom. The largest absolute Gasteiger partial charge is 0.490 e. The molecule has 0 saturated heterocycles. The van der Waals surface area contributed by atoms with Crippen molar-refractivity contribution < 1.29 is 14.6 Å². The van der Waals surface area contributed by atoms with E-state index in [1.54, 1.807) is 0 Å². The minimum Gasteiger partial charge on any atom is -0.490 e. The normalized spacial score (nSPS) is 16.8. The zero-order valence-corrected chi connectivity index (χ0v) is 10.3. The number of aliphatic hydroxyl groups excluding tert-OH is 1. The molecule has 0 spiro atoms. The van der Waals surface area contributed by atoms with Crippen molar-refractivity contribution in [2.75, 3.05) is 13.2 Å². The molecule has 1 atom stereocenters. The van der Waals surface area contributed by atoms with Gasteiger partial charge in [0, 0.05) is 19.6 Å². The van der Waals surface area contributed by atoms with Crippen LogP contribution in [0.2, 0.25) is 0 Å². The molecule has 94 valence electrons. The molecule has 0 bridgehead atoms. The summed E-state index contributed by atoms with van der Waals surface area (Å²) in [7, 11) is 0. The maximum atomic E-state index is 9.99. The summed E-state index contributed by atoms with van der Waals surface area (Å²) in [5.41, 5.74) is 0.905. The van der Waals surface area contributed by atoms with Gasteiger partial charge in [-0.15, -0.1) is 0 Å². The second kappa shape index (κ2) is 6.03. The highest BCUT2D eigenvalue weighted by molar-refractivity contribution is 5.30. The van der Waals surface area contributed by atoms with Crippen molar-refractivity contribution in [2.24, 2.45) is 0 Å². The third-order valence-electron chi connectivity index (χ3n) is 2.81.